The minimum absolute atomic E-state index is 0.00877. The highest BCUT2D eigenvalue weighted by molar-refractivity contribution is 6.18. The van der Waals surface area contributed by atoms with Crippen molar-refractivity contribution in [3.8, 4) is 5.75 Å². The molecule has 98 valence electrons. The maximum absolute atomic E-state index is 12.6. The Morgan fingerprint density at radius 3 is 2.35 bits per heavy atom. The molecule has 0 fully saturated rings. The minimum atomic E-state index is -0.209. The minimum Gasteiger partial charge on any atom is -0.507 e. The first-order chi connectivity index (χ1) is 9.66. The van der Waals surface area contributed by atoms with Crippen molar-refractivity contribution in [2.75, 3.05) is 5.73 Å². The number of nitrogens with two attached hydrogens (primary N) is 1. The molecule has 3 heteroatoms. The lowest BCUT2D eigenvalue weighted by Crippen LogP contribution is -2.03. The van der Waals surface area contributed by atoms with Crippen molar-refractivity contribution in [3.05, 3.63) is 71.8 Å². The summed E-state index contributed by atoms with van der Waals surface area (Å²) in [4.78, 5) is 12.6. The quantitative estimate of drug-likeness (QED) is 0.550. The maximum atomic E-state index is 12.6. The maximum Gasteiger partial charge on any atom is 0.197 e. The van der Waals surface area contributed by atoms with Crippen molar-refractivity contribution in [3.63, 3.8) is 0 Å². The second kappa shape index (κ2) is 4.70. The molecule has 0 saturated heterocycles. The molecular weight excluding hydrogens is 250 g/mol. The van der Waals surface area contributed by atoms with E-state index in [0.29, 0.717) is 16.8 Å². The molecule has 0 aliphatic heterocycles. The molecule has 0 radical (unpaired) electrons. The Balaban J connectivity index is 2.21. The lowest BCUT2D eigenvalue weighted by molar-refractivity contribution is 0.103. The molecule has 3 rings (SSSR count). The first-order valence-electron chi connectivity index (χ1n) is 6.28. The van der Waals surface area contributed by atoms with Gasteiger partial charge in [0, 0.05) is 11.3 Å². The molecule has 0 aliphatic rings. The van der Waals surface area contributed by atoms with E-state index in [9.17, 15) is 9.90 Å². The topological polar surface area (TPSA) is 63.3 Å². The molecule has 3 N–H and O–H groups in total. The molecule has 0 amide bonds. The van der Waals surface area contributed by atoms with Gasteiger partial charge in [0.1, 0.15) is 5.75 Å². The third-order valence-electron chi connectivity index (χ3n) is 3.31. The number of aromatic hydroxyl groups is 1. The number of carbonyl (C=O) groups is 1. The van der Waals surface area contributed by atoms with E-state index >= 15 is 0 Å². The zero-order valence-electron chi connectivity index (χ0n) is 10.7. The van der Waals surface area contributed by atoms with Crippen molar-refractivity contribution in [1.29, 1.82) is 0 Å². The molecule has 0 unspecified atom stereocenters. The van der Waals surface area contributed by atoms with Gasteiger partial charge in [-0.15, -0.1) is 0 Å². The summed E-state index contributed by atoms with van der Waals surface area (Å²) in [6, 6.07) is 17.5. The van der Waals surface area contributed by atoms with Crippen molar-refractivity contribution in [1.82, 2.24) is 0 Å². The largest absolute Gasteiger partial charge is 0.507 e. The van der Waals surface area contributed by atoms with Crippen LogP contribution in [0.25, 0.3) is 10.8 Å². The fraction of sp³-hybridized carbons (Fsp3) is 0. The van der Waals surface area contributed by atoms with Crippen LogP contribution in [0.5, 0.6) is 5.75 Å². The molecule has 0 heterocycles. The van der Waals surface area contributed by atoms with Gasteiger partial charge < -0.3 is 10.8 Å². The fourth-order valence-corrected chi connectivity index (χ4v) is 2.28. The van der Waals surface area contributed by atoms with Crippen molar-refractivity contribution in [2.45, 2.75) is 0 Å². The van der Waals surface area contributed by atoms with E-state index in [4.69, 9.17) is 5.73 Å². The van der Waals surface area contributed by atoms with E-state index in [1.807, 2.05) is 24.3 Å². The van der Waals surface area contributed by atoms with Crippen LogP contribution < -0.4 is 5.73 Å². The molecule has 3 aromatic carbocycles. The van der Waals surface area contributed by atoms with Crippen LogP contribution in [0.2, 0.25) is 0 Å². The molecule has 0 bridgehead atoms. The van der Waals surface area contributed by atoms with Gasteiger partial charge in [-0.25, -0.2) is 0 Å². The zero-order chi connectivity index (χ0) is 14.1. The molecule has 3 nitrogen and oxygen atoms in total. The van der Waals surface area contributed by atoms with Gasteiger partial charge in [0.05, 0.1) is 5.56 Å². The van der Waals surface area contributed by atoms with E-state index in [0.717, 1.165) is 10.8 Å². The molecule has 3 aromatic rings. The van der Waals surface area contributed by atoms with Crippen LogP contribution in [0.15, 0.2) is 60.7 Å². The van der Waals surface area contributed by atoms with Gasteiger partial charge >= 0.3 is 0 Å². The summed E-state index contributed by atoms with van der Waals surface area (Å²) in [5, 5.41) is 11.7. The zero-order valence-corrected chi connectivity index (χ0v) is 10.7. The highest BCUT2D eigenvalue weighted by atomic mass is 16.3. The van der Waals surface area contributed by atoms with E-state index in [2.05, 4.69) is 0 Å². The summed E-state index contributed by atoms with van der Waals surface area (Å²) in [7, 11) is 0. The third-order valence-corrected chi connectivity index (χ3v) is 3.31. The number of phenols is 1. The van der Waals surface area contributed by atoms with E-state index in [1.165, 1.54) is 0 Å². The Bertz CT molecular complexity index is 792. The van der Waals surface area contributed by atoms with Crippen LogP contribution in [-0.2, 0) is 0 Å². The number of hydrogen-bond donors (Lipinski definition) is 2. The molecule has 0 aliphatic carbocycles. The molecular formula is C17H13NO2. The third kappa shape index (κ3) is 1.99. The number of nitrogen functional groups attached to an aromatic ring is 1. The molecule has 0 atom stereocenters. The average molecular weight is 263 g/mol. The fourth-order valence-electron chi connectivity index (χ4n) is 2.28. The van der Waals surface area contributed by atoms with E-state index in [-0.39, 0.29) is 11.5 Å². The Kier molecular flexibility index (Phi) is 2.88. The predicted molar refractivity (Wildman–Crippen MR) is 79.9 cm³/mol. The van der Waals surface area contributed by atoms with Gasteiger partial charge in [-0.05, 0) is 41.1 Å². The number of phenolic OH excluding ortho intramolecular Hbond substituents is 1. The first kappa shape index (κ1) is 12.2. The van der Waals surface area contributed by atoms with Crippen LogP contribution in [-0.4, -0.2) is 10.9 Å². The number of carbonyl (C=O) groups excluding carboxylic acids is 1. The van der Waals surface area contributed by atoms with Crippen LogP contribution >= 0.6 is 0 Å². The van der Waals surface area contributed by atoms with Crippen LogP contribution in [0, 0.1) is 0 Å². The van der Waals surface area contributed by atoms with Crippen molar-refractivity contribution < 1.29 is 9.90 Å². The lowest BCUT2D eigenvalue weighted by Gasteiger charge is -2.08. The van der Waals surface area contributed by atoms with Gasteiger partial charge in [-0.1, -0.05) is 30.3 Å². The SMILES string of the molecule is Nc1ccc(C(=O)c2c(O)ccc3ccccc23)cc1. The Labute approximate surface area is 116 Å². The van der Waals surface area contributed by atoms with Gasteiger partial charge in [0.15, 0.2) is 5.78 Å². The second-order valence-corrected chi connectivity index (χ2v) is 4.63. The summed E-state index contributed by atoms with van der Waals surface area (Å²) in [6.07, 6.45) is 0. The number of anilines is 1. The van der Waals surface area contributed by atoms with E-state index < -0.39 is 0 Å². The lowest BCUT2D eigenvalue weighted by atomic mass is 9.96. The van der Waals surface area contributed by atoms with Gasteiger partial charge in [0.2, 0.25) is 0 Å². The summed E-state index contributed by atoms with van der Waals surface area (Å²) in [6.45, 7) is 0. The first-order valence-corrected chi connectivity index (χ1v) is 6.28. The van der Waals surface area contributed by atoms with Crippen LogP contribution in [0.4, 0.5) is 5.69 Å². The smallest absolute Gasteiger partial charge is 0.197 e. The monoisotopic (exact) mass is 263 g/mol. The summed E-state index contributed by atoms with van der Waals surface area (Å²) < 4.78 is 0. The van der Waals surface area contributed by atoms with E-state index in [1.54, 1.807) is 36.4 Å². The highest BCUT2D eigenvalue weighted by Crippen LogP contribution is 2.29. The number of hydrogen-bond acceptors (Lipinski definition) is 3. The normalized spacial score (nSPS) is 10.6. The second-order valence-electron chi connectivity index (χ2n) is 4.63. The summed E-state index contributed by atoms with van der Waals surface area (Å²) in [5.41, 5.74) is 7.06. The van der Waals surface area contributed by atoms with Gasteiger partial charge in [0.25, 0.3) is 0 Å². The van der Waals surface area contributed by atoms with Gasteiger partial charge in [-0.3, -0.25) is 4.79 Å². The van der Waals surface area contributed by atoms with Crippen LogP contribution in [0.3, 0.4) is 0 Å². The number of ketones is 1. The average Bonchev–Trinajstić information content (AvgIpc) is 2.47. The van der Waals surface area contributed by atoms with Crippen molar-refractivity contribution >= 4 is 22.2 Å². The molecule has 20 heavy (non-hydrogen) atoms. The molecule has 0 saturated carbocycles. The standard InChI is InChI=1S/C17H13NO2/c18-13-8-5-12(6-9-13)17(20)16-14-4-2-1-3-11(14)7-10-15(16)19/h1-10,19H,18H2. The molecule has 0 spiro atoms. The Hall–Kier alpha value is -2.81. The van der Waals surface area contributed by atoms with Crippen LogP contribution in [0.1, 0.15) is 15.9 Å². The van der Waals surface area contributed by atoms with Crippen molar-refractivity contribution in [2.24, 2.45) is 0 Å². The summed E-state index contributed by atoms with van der Waals surface area (Å²) in [5.74, 6) is -0.218. The molecule has 0 aromatic heterocycles. The Morgan fingerprint density at radius 1 is 0.900 bits per heavy atom. The number of fused-ring (bicyclic) bond motifs is 1. The Morgan fingerprint density at radius 2 is 1.60 bits per heavy atom. The summed E-state index contributed by atoms with van der Waals surface area (Å²) >= 11 is 0. The predicted octanol–water partition coefficient (Wildman–Crippen LogP) is 3.36. The number of rotatable bonds is 2. The highest BCUT2D eigenvalue weighted by Gasteiger charge is 2.16. The van der Waals surface area contributed by atoms with Gasteiger partial charge in [-0.2, -0.15) is 0 Å². The number of benzene rings is 3.